The van der Waals surface area contributed by atoms with Gasteiger partial charge in [-0.2, -0.15) is 0 Å². The summed E-state index contributed by atoms with van der Waals surface area (Å²) >= 11 is 0.967. The van der Waals surface area contributed by atoms with Gasteiger partial charge in [0.25, 0.3) is 5.56 Å². The Hall–Kier alpha value is -4.62. The van der Waals surface area contributed by atoms with Crippen LogP contribution in [0.4, 0.5) is 4.79 Å². The molecule has 8 atom stereocenters. The fourth-order valence-corrected chi connectivity index (χ4v) is 11.6. The number of amides is 2. The van der Waals surface area contributed by atoms with Crippen LogP contribution in [0.2, 0.25) is 18.1 Å². The lowest BCUT2D eigenvalue weighted by Gasteiger charge is -2.42. The molecule has 0 bridgehead atoms. The van der Waals surface area contributed by atoms with Gasteiger partial charge in [0.2, 0.25) is 0 Å². The summed E-state index contributed by atoms with van der Waals surface area (Å²) in [5, 5.41) is 14.0. The molecule has 0 spiro atoms. The van der Waals surface area contributed by atoms with Gasteiger partial charge in [0.15, 0.2) is 19.7 Å². The van der Waals surface area contributed by atoms with E-state index in [4.69, 9.17) is 32.6 Å². The largest absolute Gasteiger partial charge is 0.585 e. The molecule has 3 aliphatic rings. The van der Waals surface area contributed by atoms with Crippen LogP contribution in [0.25, 0.3) is 0 Å². The summed E-state index contributed by atoms with van der Waals surface area (Å²) in [4.78, 5) is 42.6. The lowest BCUT2D eigenvalue weighted by molar-refractivity contribution is -0.0908. The first kappa shape index (κ1) is 49.3. The predicted octanol–water partition coefficient (Wildman–Crippen LogP) is 7.69. The van der Waals surface area contributed by atoms with Crippen molar-refractivity contribution in [3.05, 3.63) is 140 Å². The molecule has 4 heterocycles. The molecule has 0 saturated carbocycles. The third kappa shape index (κ3) is 10.6. The van der Waals surface area contributed by atoms with Crippen LogP contribution in [0.3, 0.4) is 0 Å². The maximum Gasteiger partial charge on any atom is 0.585 e. The van der Waals surface area contributed by atoms with E-state index in [-0.39, 0.29) is 30.2 Å². The highest BCUT2D eigenvalue weighted by molar-refractivity contribution is 8.50. The van der Waals surface area contributed by atoms with E-state index in [1.54, 1.807) is 27.3 Å². The Morgan fingerprint density at radius 1 is 0.848 bits per heavy atom. The Morgan fingerprint density at radius 2 is 1.44 bits per heavy atom. The van der Waals surface area contributed by atoms with Crippen LogP contribution in [0.15, 0.2) is 106 Å². The minimum atomic E-state index is -2.47. The summed E-state index contributed by atoms with van der Waals surface area (Å²) in [5.74, 6) is 1.40. The minimum Gasteiger partial charge on any atom is -0.497 e. The number of aliphatic hydroxyl groups excluding tert-OH is 1. The zero-order valence-electron chi connectivity index (χ0n) is 38.7. The van der Waals surface area contributed by atoms with Gasteiger partial charge in [-0.15, -0.1) is 4.52 Å². The Morgan fingerprint density at radius 3 is 2.03 bits per heavy atom. The number of carbonyl (C=O) groups is 1. The number of aryl methyl sites for hydroxylation is 1. The summed E-state index contributed by atoms with van der Waals surface area (Å²) in [5.41, 5.74) is 1.06. The number of benzene rings is 3. The molecule has 0 aliphatic carbocycles. The van der Waals surface area contributed by atoms with Gasteiger partial charge >= 0.3 is 19.0 Å². The number of methoxy groups -OCH3 is 2. The van der Waals surface area contributed by atoms with Crippen LogP contribution in [-0.2, 0) is 33.3 Å². The maximum absolute atomic E-state index is 13.9. The molecule has 66 heavy (non-hydrogen) atoms. The van der Waals surface area contributed by atoms with Crippen LogP contribution in [0, 0.1) is 6.92 Å². The number of aliphatic hydroxyl groups is 1. The number of aromatic nitrogens is 2. The van der Waals surface area contributed by atoms with Crippen molar-refractivity contribution in [3.8, 4) is 11.5 Å². The summed E-state index contributed by atoms with van der Waals surface area (Å²) < 4.78 is 58.9. The fourth-order valence-electron chi connectivity index (χ4n) is 7.98. The second kappa shape index (κ2) is 20.3. The molecule has 1 aromatic heterocycles. The monoisotopic (exact) mass is 963 g/mol. The molecular weight excluding hydrogens is 904 g/mol. The first-order chi connectivity index (χ1) is 31.3. The predicted molar refractivity (Wildman–Crippen MR) is 253 cm³/mol. The first-order valence-electron chi connectivity index (χ1n) is 21.8. The van der Waals surface area contributed by atoms with Crippen LogP contribution < -0.4 is 26.0 Å². The minimum absolute atomic E-state index is 0.0590. The number of hydrogen-bond acceptors (Lipinski definition) is 13. The molecule has 2 unspecified atom stereocenters. The zero-order chi connectivity index (χ0) is 47.6. The number of ether oxygens (including phenoxy) is 5. The summed E-state index contributed by atoms with van der Waals surface area (Å²) in [6.07, 6.45) is -2.33. The lowest BCUT2D eigenvalue weighted by Crippen LogP contribution is -2.56. The highest BCUT2D eigenvalue weighted by Gasteiger charge is 2.48. The number of aromatic amines is 1. The topological polar surface area (TPSA) is 189 Å². The third-order valence-electron chi connectivity index (χ3n) is 12.8. The molecule has 2 saturated heterocycles. The Bertz CT molecular complexity index is 2450. The van der Waals surface area contributed by atoms with Crippen LogP contribution in [0.1, 0.15) is 69.0 Å². The number of nitrogens with one attached hydrogen (secondary N) is 2. The van der Waals surface area contributed by atoms with Crippen molar-refractivity contribution in [1.29, 1.82) is 0 Å². The molecule has 3 N–H and O–H groups in total. The van der Waals surface area contributed by atoms with Crippen molar-refractivity contribution in [2.45, 2.75) is 114 Å². The molecule has 2 amide bonds. The van der Waals surface area contributed by atoms with Crippen molar-refractivity contribution in [2.24, 2.45) is 0 Å². The average molecular weight is 964 g/mol. The molecule has 19 heteroatoms. The molecule has 3 aliphatic heterocycles. The van der Waals surface area contributed by atoms with Crippen molar-refractivity contribution in [3.63, 3.8) is 0 Å². The molecule has 0 radical (unpaired) electrons. The van der Waals surface area contributed by atoms with Gasteiger partial charge in [0.1, 0.15) is 48.0 Å². The maximum atomic E-state index is 13.9. The smallest absolute Gasteiger partial charge is 0.497 e. The molecule has 354 valence electrons. The molecule has 4 aromatic rings. The quantitative estimate of drug-likeness (QED) is 0.0531. The third-order valence-corrected chi connectivity index (χ3v) is 19.7. The van der Waals surface area contributed by atoms with Crippen molar-refractivity contribution >= 4 is 33.0 Å². The Balaban J connectivity index is 1.10. The standard InChI is InChI=1S/C47H59N4O12PSSi/c1-29-25-50(44(54)48-42(29)53)41-24-37(62-64(56)65-28-39-36(52)23-40(61-39)51-26-30(2)43(49-45(51)55)63-66(8,9)46(3,4)5)38(60-41)27-59-47(31-13-11-10-12-14-31,32-15-19-34(57-6)20-16-32)33-17-21-35(58-7)22-18-33/h10-22,25-26,36-41,43,52H,23-24,27-28H2,1-9H3,(H-,48,49,53,54,55)/p+1/t36-,37-,38+,39+,40+,41+,43?/m0/s1. The number of carbonyl (C=O) groups excluding carboxylic acids is 1. The van der Waals surface area contributed by atoms with Gasteiger partial charge in [0.05, 0.1) is 38.8 Å². The van der Waals surface area contributed by atoms with E-state index >= 15 is 0 Å². The molecule has 2 fully saturated rings. The SMILES string of the molecule is COc1ccc(C(OC[C@H]2O[C@@H](n3cc(C)c(=O)[nH]c3=O)C[C@@H]2O[P+](=O)SC[C@H]2O[C@@H](N3C=C(C)C(O[Si](C)(C)C(C)(C)C)NC3=O)C[C@@H]2O)(c2ccccc2)c2ccc(OC)cc2)cc1. The van der Waals surface area contributed by atoms with Gasteiger partial charge in [-0.1, -0.05) is 75.4 Å². The number of nitrogens with zero attached hydrogens (tertiary/aromatic N) is 2. The summed E-state index contributed by atoms with van der Waals surface area (Å²) in [6, 6.07) is 24.4. The lowest BCUT2D eigenvalue weighted by atomic mass is 9.80. The van der Waals surface area contributed by atoms with Crippen molar-refractivity contribution < 1.29 is 47.1 Å². The van der Waals surface area contributed by atoms with Crippen LogP contribution in [0.5, 0.6) is 11.5 Å². The second-order valence-electron chi connectivity index (χ2n) is 18.2. The van der Waals surface area contributed by atoms with E-state index in [9.17, 15) is 24.1 Å². The van der Waals surface area contributed by atoms with Crippen molar-refractivity contribution in [2.75, 3.05) is 26.6 Å². The van der Waals surface area contributed by atoms with Crippen molar-refractivity contribution in [1.82, 2.24) is 19.8 Å². The fraction of sp³-hybridized carbons (Fsp3) is 0.468. The number of hydrogen-bond donors (Lipinski definition) is 3. The molecule has 16 nitrogen and oxygen atoms in total. The van der Waals surface area contributed by atoms with Crippen LogP contribution in [-0.4, -0.2) is 97.4 Å². The van der Waals surface area contributed by atoms with Gasteiger partial charge < -0.3 is 38.5 Å². The van der Waals surface area contributed by atoms with E-state index in [1.165, 1.54) is 15.7 Å². The highest BCUT2D eigenvalue weighted by atomic mass is 32.7. The molecular formula is C47H60N4O12PSSi+. The highest BCUT2D eigenvalue weighted by Crippen LogP contribution is 2.48. The van der Waals surface area contributed by atoms with Gasteiger partial charge in [-0.05, 0) is 83.1 Å². The van der Waals surface area contributed by atoms with E-state index in [1.807, 2.05) is 85.8 Å². The van der Waals surface area contributed by atoms with E-state index in [0.29, 0.717) is 17.1 Å². The molecule has 3 aromatic carbocycles. The van der Waals surface area contributed by atoms with E-state index in [0.717, 1.165) is 33.6 Å². The number of rotatable bonds is 17. The number of urea groups is 1. The Kier molecular flexibility index (Phi) is 15.2. The normalized spacial score (nSPS) is 23.9. The van der Waals surface area contributed by atoms with E-state index < -0.39 is 81.5 Å². The van der Waals surface area contributed by atoms with Gasteiger partial charge in [0, 0.05) is 30.8 Å². The molecule has 7 rings (SSSR count). The summed E-state index contributed by atoms with van der Waals surface area (Å²) in [6.45, 7) is 14.0. The summed E-state index contributed by atoms with van der Waals surface area (Å²) in [7, 11) is -1.48. The average Bonchev–Trinajstić information content (AvgIpc) is 3.87. The second-order valence-corrected chi connectivity index (χ2v) is 25.9. The van der Waals surface area contributed by atoms with Crippen LogP contribution >= 0.6 is 18.6 Å². The van der Waals surface area contributed by atoms with E-state index in [2.05, 4.69) is 44.2 Å². The first-order valence-corrected chi connectivity index (χ1v) is 27.5. The Labute approximate surface area is 390 Å². The van der Waals surface area contributed by atoms with Gasteiger partial charge in [-0.25, -0.2) is 9.59 Å². The number of H-pyrrole nitrogens is 1. The zero-order valence-corrected chi connectivity index (χ0v) is 41.4. The van der Waals surface area contributed by atoms with Gasteiger partial charge in [-0.3, -0.25) is 19.2 Å².